The summed E-state index contributed by atoms with van der Waals surface area (Å²) in [7, 11) is 2.03. The van der Waals surface area contributed by atoms with Crippen molar-refractivity contribution in [1.82, 2.24) is 14.5 Å². The summed E-state index contributed by atoms with van der Waals surface area (Å²) >= 11 is 0. The van der Waals surface area contributed by atoms with E-state index >= 15 is 0 Å². The zero-order valence-electron chi connectivity index (χ0n) is 10.8. The average Bonchev–Trinajstić information content (AvgIpc) is 2.75. The summed E-state index contributed by atoms with van der Waals surface area (Å²) in [6, 6.07) is 0.311. The fourth-order valence-electron chi connectivity index (χ4n) is 2.65. The Kier molecular flexibility index (Phi) is 4.18. The van der Waals surface area contributed by atoms with E-state index in [2.05, 4.69) is 21.4 Å². The molecule has 17 heavy (non-hydrogen) atoms. The minimum absolute atomic E-state index is 0.199. The molecule has 1 aliphatic rings. The lowest BCUT2D eigenvalue weighted by Crippen LogP contribution is -2.46. The lowest BCUT2D eigenvalue weighted by atomic mass is 9.96. The van der Waals surface area contributed by atoms with Crippen molar-refractivity contribution < 1.29 is 5.11 Å². The van der Waals surface area contributed by atoms with E-state index in [4.69, 9.17) is 0 Å². The number of imidazole rings is 1. The molecular formula is C13H23N3O. The second-order valence-electron chi connectivity index (χ2n) is 4.96. The molecule has 4 nitrogen and oxygen atoms in total. The van der Waals surface area contributed by atoms with E-state index in [0.29, 0.717) is 6.04 Å². The molecule has 2 rings (SSSR count). The van der Waals surface area contributed by atoms with Crippen LogP contribution in [0.5, 0.6) is 0 Å². The topological polar surface area (TPSA) is 41.3 Å². The lowest BCUT2D eigenvalue weighted by Gasteiger charge is -2.38. The molecule has 0 radical (unpaired) electrons. The number of aliphatic hydroxyl groups is 1. The predicted octanol–water partition coefficient (Wildman–Crippen LogP) is 1.55. The van der Waals surface area contributed by atoms with Crippen molar-refractivity contribution in [2.75, 3.05) is 6.54 Å². The van der Waals surface area contributed by atoms with E-state index < -0.39 is 0 Å². The first-order valence-corrected chi connectivity index (χ1v) is 6.60. The summed E-state index contributed by atoms with van der Waals surface area (Å²) in [5.74, 6) is 1.08. The monoisotopic (exact) mass is 237 g/mol. The largest absolute Gasteiger partial charge is 0.392 e. The number of nitrogens with zero attached hydrogens (tertiary/aromatic N) is 3. The van der Waals surface area contributed by atoms with Gasteiger partial charge in [-0.1, -0.05) is 13.3 Å². The maximum absolute atomic E-state index is 10.1. The Morgan fingerprint density at radius 3 is 3.00 bits per heavy atom. The van der Waals surface area contributed by atoms with Crippen LogP contribution >= 0.6 is 0 Å². The molecule has 1 saturated heterocycles. The van der Waals surface area contributed by atoms with Crippen LogP contribution in [0.15, 0.2) is 12.4 Å². The Hall–Kier alpha value is -0.870. The molecular weight excluding hydrogens is 214 g/mol. The fraction of sp³-hybridized carbons (Fsp3) is 0.769. The molecule has 0 amide bonds. The molecule has 0 spiro atoms. The van der Waals surface area contributed by atoms with Gasteiger partial charge < -0.3 is 9.67 Å². The molecule has 0 bridgehead atoms. The van der Waals surface area contributed by atoms with Gasteiger partial charge in [-0.2, -0.15) is 0 Å². The van der Waals surface area contributed by atoms with Crippen LogP contribution in [0.1, 0.15) is 38.4 Å². The summed E-state index contributed by atoms with van der Waals surface area (Å²) in [5.41, 5.74) is 0. The molecule has 1 aromatic rings. The van der Waals surface area contributed by atoms with Crippen LogP contribution in [0.4, 0.5) is 0 Å². The first-order valence-electron chi connectivity index (χ1n) is 6.60. The highest BCUT2D eigenvalue weighted by atomic mass is 16.3. The Bertz CT molecular complexity index is 350. The molecule has 1 aliphatic heterocycles. The van der Waals surface area contributed by atoms with Crippen molar-refractivity contribution in [3.63, 3.8) is 0 Å². The fourth-order valence-corrected chi connectivity index (χ4v) is 2.65. The van der Waals surface area contributed by atoms with Gasteiger partial charge in [-0.15, -0.1) is 0 Å². The Morgan fingerprint density at radius 1 is 1.53 bits per heavy atom. The molecule has 2 heterocycles. The number of aromatic nitrogens is 2. The van der Waals surface area contributed by atoms with Crippen molar-refractivity contribution in [3.8, 4) is 0 Å². The van der Waals surface area contributed by atoms with E-state index in [-0.39, 0.29) is 6.10 Å². The Labute approximate surface area is 103 Å². The summed E-state index contributed by atoms with van der Waals surface area (Å²) in [6.45, 7) is 3.98. The van der Waals surface area contributed by atoms with Gasteiger partial charge in [0, 0.05) is 25.5 Å². The van der Waals surface area contributed by atoms with Crippen LogP contribution in [0, 0.1) is 0 Å². The molecule has 1 N–H and O–H groups in total. The molecule has 1 aromatic heterocycles. The predicted molar refractivity (Wildman–Crippen MR) is 67.6 cm³/mol. The van der Waals surface area contributed by atoms with E-state index in [1.807, 2.05) is 19.4 Å². The Balaban J connectivity index is 2.04. The SMILES string of the molecule is CCC(O)C1CCCCN1Cc1nccn1C. The number of aryl methyl sites for hydroxylation is 1. The van der Waals surface area contributed by atoms with Gasteiger partial charge >= 0.3 is 0 Å². The lowest BCUT2D eigenvalue weighted by molar-refractivity contribution is 0.0178. The molecule has 1 fully saturated rings. The van der Waals surface area contributed by atoms with Gasteiger partial charge in [0.1, 0.15) is 5.82 Å². The van der Waals surface area contributed by atoms with E-state index in [1.54, 1.807) is 0 Å². The van der Waals surface area contributed by atoms with Crippen molar-refractivity contribution in [2.24, 2.45) is 7.05 Å². The minimum Gasteiger partial charge on any atom is -0.392 e. The van der Waals surface area contributed by atoms with Gasteiger partial charge in [0.15, 0.2) is 0 Å². The third kappa shape index (κ3) is 2.87. The molecule has 2 atom stereocenters. The number of aliphatic hydroxyl groups excluding tert-OH is 1. The summed E-state index contributed by atoms with van der Waals surface area (Å²) in [6.07, 6.45) is 8.03. The third-order valence-corrected chi connectivity index (χ3v) is 3.79. The number of hydrogen-bond donors (Lipinski definition) is 1. The first-order chi connectivity index (χ1) is 8.22. The number of piperidine rings is 1. The van der Waals surface area contributed by atoms with Gasteiger partial charge in [-0.05, 0) is 25.8 Å². The second kappa shape index (κ2) is 5.65. The summed E-state index contributed by atoms with van der Waals surface area (Å²) in [5, 5.41) is 10.1. The number of rotatable bonds is 4. The molecule has 0 aliphatic carbocycles. The van der Waals surface area contributed by atoms with Crippen molar-refractivity contribution in [2.45, 2.75) is 51.3 Å². The first kappa shape index (κ1) is 12.6. The number of likely N-dealkylation sites (tertiary alicyclic amines) is 1. The zero-order valence-corrected chi connectivity index (χ0v) is 10.8. The maximum atomic E-state index is 10.1. The van der Waals surface area contributed by atoms with Gasteiger partial charge in [0.05, 0.1) is 12.6 Å². The summed E-state index contributed by atoms with van der Waals surface area (Å²) < 4.78 is 2.06. The highest BCUT2D eigenvalue weighted by molar-refractivity contribution is 4.93. The van der Waals surface area contributed by atoms with Crippen LogP contribution < -0.4 is 0 Å². The zero-order chi connectivity index (χ0) is 12.3. The highest BCUT2D eigenvalue weighted by Crippen LogP contribution is 2.22. The van der Waals surface area contributed by atoms with Gasteiger partial charge in [-0.3, -0.25) is 4.90 Å². The summed E-state index contributed by atoms with van der Waals surface area (Å²) in [4.78, 5) is 6.76. The van der Waals surface area contributed by atoms with Crippen LogP contribution in [-0.4, -0.2) is 38.2 Å². The minimum atomic E-state index is -0.199. The molecule has 0 aromatic carbocycles. The van der Waals surface area contributed by atoms with Crippen LogP contribution in [0.2, 0.25) is 0 Å². The van der Waals surface area contributed by atoms with Crippen LogP contribution in [0.3, 0.4) is 0 Å². The average molecular weight is 237 g/mol. The van der Waals surface area contributed by atoms with Crippen LogP contribution in [0.25, 0.3) is 0 Å². The quantitative estimate of drug-likeness (QED) is 0.863. The molecule has 96 valence electrons. The van der Waals surface area contributed by atoms with Gasteiger partial charge in [-0.25, -0.2) is 4.98 Å². The standard InChI is InChI=1S/C13H23N3O/c1-3-12(17)11-6-4-5-8-16(11)10-13-14-7-9-15(13)2/h7,9,11-12,17H,3-6,8,10H2,1-2H3. The van der Waals surface area contributed by atoms with Crippen molar-refractivity contribution in [3.05, 3.63) is 18.2 Å². The normalized spacial score (nSPS) is 23.8. The molecule has 0 saturated carbocycles. The van der Waals surface area contributed by atoms with E-state index in [0.717, 1.165) is 31.8 Å². The van der Waals surface area contributed by atoms with Gasteiger partial charge in [0.25, 0.3) is 0 Å². The highest BCUT2D eigenvalue weighted by Gasteiger charge is 2.28. The second-order valence-corrected chi connectivity index (χ2v) is 4.96. The maximum Gasteiger partial charge on any atom is 0.122 e. The third-order valence-electron chi connectivity index (χ3n) is 3.79. The number of hydrogen-bond acceptors (Lipinski definition) is 3. The van der Waals surface area contributed by atoms with E-state index in [9.17, 15) is 5.11 Å². The van der Waals surface area contributed by atoms with Gasteiger partial charge in [0.2, 0.25) is 0 Å². The van der Waals surface area contributed by atoms with Crippen LogP contribution in [-0.2, 0) is 13.6 Å². The van der Waals surface area contributed by atoms with Crippen molar-refractivity contribution >= 4 is 0 Å². The Morgan fingerprint density at radius 2 is 2.35 bits per heavy atom. The van der Waals surface area contributed by atoms with Crippen molar-refractivity contribution in [1.29, 1.82) is 0 Å². The molecule has 4 heteroatoms. The molecule has 2 unspecified atom stereocenters. The van der Waals surface area contributed by atoms with E-state index in [1.165, 1.54) is 12.8 Å². The smallest absolute Gasteiger partial charge is 0.122 e.